The fourth-order valence-electron chi connectivity index (χ4n) is 0.792. The zero-order valence-corrected chi connectivity index (χ0v) is 7.69. The Morgan fingerprint density at radius 2 is 2.23 bits per heavy atom. The van der Waals surface area contributed by atoms with Gasteiger partial charge in [-0.3, -0.25) is 9.59 Å². The molecule has 0 aromatic heterocycles. The SMILES string of the molecule is CC(OCCC1(C)N=N1)C(=O)C=O. The number of ketones is 1. The number of carbonyl (C=O) groups excluding carboxylic acids is 2. The molecule has 0 aromatic carbocycles. The quantitative estimate of drug-likeness (QED) is 0.451. The van der Waals surface area contributed by atoms with Gasteiger partial charge in [-0.2, -0.15) is 10.2 Å². The number of ether oxygens (including phenoxy) is 1. The van der Waals surface area contributed by atoms with Crippen molar-refractivity contribution in [3.63, 3.8) is 0 Å². The number of hydrogen-bond acceptors (Lipinski definition) is 5. The highest BCUT2D eigenvalue weighted by Crippen LogP contribution is 2.30. The van der Waals surface area contributed by atoms with E-state index in [9.17, 15) is 9.59 Å². The molecule has 0 saturated heterocycles. The molecule has 1 aliphatic heterocycles. The normalized spacial score (nSPS) is 19.5. The predicted molar refractivity (Wildman–Crippen MR) is 44.4 cm³/mol. The van der Waals surface area contributed by atoms with E-state index in [1.807, 2.05) is 6.92 Å². The van der Waals surface area contributed by atoms with Gasteiger partial charge in [-0.15, -0.1) is 0 Å². The summed E-state index contributed by atoms with van der Waals surface area (Å²) in [6.07, 6.45) is 0.279. The molecule has 0 saturated carbocycles. The number of hydrogen-bond donors (Lipinski definition) is 0. The van der Waals surface area contributed by atoms with Crippen LogP contribution in [0.5, 0.6) is 0 Å². The van der Waals surface area contributed by atoms with E-state index in [-0.39, 0.29) is 11.9 Å². The molecular formula is C8H12N2O3. The van der Waals surface area contributed by atoms with Crippen molar-refractivity contribution in [2.75, 3.05) is 6.61 Å². The fraction of sp³-hybridized carbons (Fsp3) is 0.750. The number of nitrogens with zero attached hydrogens (tertiary/aromatic N) is 2. The Kier molecular flexibility index (Phi) is 2.87. The molecule has 5 nitrogen and oxygen atoms in total. The van der Waals surface area contributed by atoms with E-state index in [1.165, 1.54) is 0 Å². The minimum Gasteiger partial charge on any atom is -0.370 e. The van der Waals surface area contributed by atoms with Gasteiger partial charge in [0.15, 0.2) is 11.9 Å². The lowest BCUT2D eigenvalue weighted by Crippen LogP contribution is -2.23. The average Bonchev–Trinajstić information content (AvgIpc) is 2.82. The second kappa shape index (κ2) is 3.74. The summed E-state index contributed by atoms with van der Waals surface area (Å²) in [6, 6.07) is 0. The maximum Gasteiger partial charge on any atom is 0.223 e. The van der Waals surface area contributed by atoms with E-state index in [4.69, 9.17) is 4.74 Å². The van der Waals surface area contributed by atoms with Crippen molar-refractivity contribution in [3.05, 3.63) is 0 Å². The Labute approximate surface area is 76.2 Å². The molecule has 0 N–H and O–H groups in total. The van der Waals surface area contributed by atoms with Crippen molar-refractivity contribution >= 4 is 12.1 Å². The van der Waals surface area contributed by atoms with Crippen molar-refractivity contribution in [2.24, 2.45) is 10.2 Å². The minimum atomic E-state index is -0.653. The maximum absolute atomic E-state index is 10.7. The molecule has 1 rings (SSSR count). The molecule has 0 aliphatic carbocycles. The Hall–Kier alpha value is -1.10. The topological polar surface area (TPSA) is 68.1 Å². The fourth-order valence-corrected chi connectivity index (χ4v) is 0.792. The molecule has 5 heteroatoms. The highest BCUT2D eigenvalue weighted by atomic mass is 16.5. The third kappa shape index (κ3) is 3.02. The van der Waals surface area contributed by atoms with Crippen LogP contribution in [0, 0.1) is 0 Å². The number of carbonyl (C=O) groups is 2. The molecule has 1 atom stereocenters. The van der Waals surface area contributed by atoms with Gasteiger partial charge in [0.25, 0.3) is 0 Å². The first-order valence-electron chi connectivity index (χ1n) is 4.12. The van der Waals surface area contributed by atoms with Gasteiger partial charge in [-0.1, -0.05) is 0 Å². The van der Waals surface area contributed by atoms with E-state index >= 15 is 0 Å². The monoisotopic (exact) mass is 184 g/mol. The van der Waals surface area contributed by atoms with Crippen LogP contribution in [-0.4, -0.2) is 30.4 Å². The first-order chi connectivity index (χ1) is 6.07. The summed E-state index contributed by atoms with van der Waals surface area (Å²) >= 11 is 0. The van der Waals surface area contributed by atoms with Crippen LogP contribution in [0.25, 0.3) is 0 Å². The molecule has 0 amide bonds. The second-order valence-electron chi connectivity index (χ2n) is 3.20. The van der Waals surface area contributed by atoms with Gasteiger partial charge < -0.3 is 4.74 Å². The summed E-state index contributed by atoms with van der Waals surface area (Å²) in [7, 11) is 0. The van der Waals surface area contributed by atoms with E-state index in [0.717, 1.165) is 0 Å². The van der Waals surface area contributed by atoms with Gasteiger partial charge in [0.05, 0.1) is 6.61 Å². The van der Waals surface area contributed by atoms with Crippen molar-refractivity contribution in [2.45, 2.75) is 32.0 Å². The second-order valence-corrected chi connectivity index (χ2v) is 3.20. The third-order valence-corrected chi connectivity index (χ3v) is 1.90. The summed E-state index contributed by atoms with van der Waals surface area (Å²) in [5.41, 5.74) is -0.302. The Bertz CT molecular complexity index is 244. The number of rotatable bonds is 6. The molecule has 1 aliphatic rings. The van der Waals surface area contributed by atoms with Crippen LogP contribution >= 0.6 is 0 Å². The van der Waals surface area contributed by atoms with Crippen LogP contribution in [-0.2, 0) is 14.3 Å². The highest BCUT2D eigenvalue weighted by Gasteiger charge is 2.33. The maximum atomic E-state index is 10.7. The van der Waals surface area contributed by atoms with E-state index in [0.29, 0.717) is 13.0 Å². The van der Waals surface area contributed by atoms with Crippen LogP contribution in [0.4, 0.5) is 0 Å². The first kappa shape index (κ1) is 9.98. The molecule has 13 heavy (non-hydrogen) atoms. The van der Waals surface area contributed by atoms with Crippen molar-refractivity contribution in [1.82, 2.24) is 0 Å². The number of aldehydes is 1. The Balaban J connectivity index is 2.11. The van der Waals surface area contributed by atoms with Crippen LogP contribution in [0.2, 0.25) is 0 Å². The van der Waals surface area contributed by atoms with Gasteiger partial charge in [0.2, 0.25) is 5.78 Å². The summed E-state index contributed by atoms with van der Waals surface area (Å²) < 4.78 is 5.11. The summed E-state index contributed by atoms with van der Waals surface area (Å²) in [5.74, 6) is -0.533. The molecule has 0 bridgehead atoms. The molecule has 1 unspecified atom stereocenters. The van der Waals surface area contributed by atoms with Crippen LogP contribution in [0.3, 0.4) is 0 Å². The molecule has 1 heterocycles. The number of Topliss-reactive ketones (excluding diaryl/α,β-unsaturated/α-hetero) is 1. The molecule has 72 valence electrons. The Morgan fingerprint density at radius 3 is 2.69 bits per heavy atom. The van der Waals surface area contributed by atoms with Gasteiger partial charge in [0, 0.05) is 6.42 Å². The molecule has 0 radical (unpaired) electrons. The van der Waals surface area contributed by atoms with Crippen molar-refractivity contribution < 1.29 is 14.3 Å². The zero-order chi connectivity index (χ0) is 9.90. The summed E-state index contributed by atoms with van der Waals surface area (Å²) in [5, 5.41) is 7.57. The Morgan fingerprint density at radius 1 is 1.62 bits per heavy atom. The molecule has 0 spiro atoms. The van der Waals surface area contributed by atoms with Gasteiger partial charge in [-0.25, -0.2) is 0 Å². The minimum absolute atomic E-state index is 0.276. The predicted octanol–water partition coefficient (Wildman–Crippen LogP) is 0.732. The summed E-state index contributed by atoms with van der Waals surface area (Å²) in [4.78, 5) is 20.8. The zero-order valence-electron chi connectivity index (χ0n) is 7.69. The average molecular weight is 184 g/mol. The van der Waals surface area contributed by atoms with Crippen molar-refractivity contribution in [3.8, 4) is 0 Å². The van der Waals surface area contributed by atoms with Gasteiger partial charge in [0.1, 0.15) is 6.10 Å². The largest absolute Gasteiger partial charge is 0.370 e. The molecule has 0 aromatic rings. The smallest absolute Gasteiger partial charge is 0.223 e. The van der Waals surface area contributed by atoms with Crippen molar-refractivity contribution in [1.29, 1.82) is 0 Å². The molecular weight excluding hydrogens is 172 g/mol. The first-order valence-corrected chi connectivity index (χ1v) is 4.12. The van der Waals surface area contributed by atoms with Crippen LogP contribution in [0.15, 0.2) is 10.2 Å². The highest BCUT2D eigenvalue weighted by molar-refractivity contribution is 6.26. The van der Waals surface area contributed by atoms with E-state index < -0.39 is 11.9 Å². The lowest BCUT2D eigenvalue weighted by atomic mass is 10.2. The van der Waals surface area contributed by atoms with Crippen LogP contribution < -0.4 is 0 Å². The van der Waals surface area contributed by atoms with E-state index in [1.54, 1.807) is 6.92 Å². The standard InChI is InChI=1S/C8H12N2O3/c1-6(7(12)5-11)13-4-3-8(2)9-10-8/h5-6H,3-4H2,1-2H3. The lowest BCUT2D eigenvalue weighted by molar-refractivity contribution is -0.137. The van der Waals surface area contributed by atoms with Crippen LogP contribution in [0.1, 0.15) is 20.3 Å². The molecule has 0 fully saturated rings. The third-order valence-electron chi connectivity index (χ3n) is 1.90. The summed E-state index contributed by atoms with van der Waals surface area (Å²) in [6.45, 7) is 3.83. The van der Waals surface area contributed by atoms with Gasteiger partial charge in [-0.05, 0) is 13.8 Å². The van der Waals surface area contributed by atoms with E-state index in [2.05, 4.69) is 10.2 Å². The van der Waals surface area contributed by atoms with Gasteiger partial charge >= 0.3 is 0 Å². The lowest BCUT2D eigenvalue weighted by Gasteiger charge is -2.09.